The summed E-state index contributed by atoms with van der Waals surface area (Å²) in [6, 6.07) is 46.0. The summed E-state index contributed by atoms with van der Waals surface area (Å²) in [5, 5.41) is 16.7. The molecule has 1 atom stereocenters. The highest BCUT2D eigenvalue weighted by molar-refractivity contribution is 5.90. The van der Waals surface area contributed by atoms with Crippen LogP contribution < -0.4 is 73.9 Å². The zero-order valence-corrected chi connectivity index (χ0v) is 82.0. The topological polar surface area (TPSA) is 305 Å². The summed E-state index contributed by atoms with van der Waals surface area (Å²) < 4.78 is 95.0. The summed E-state index contributed by atoms with van der Waals surface area (Å²) in [4.78, 5) is 99.1. The summed E-state index contributed by atoms with van der Waals surface area (Å²) >= 11 is 0. The molecule has 0 unspecified atom stereocenters. The first-order valence-corrected chi connectivity index (χ1v) is 48.7. The predicted octanol–water partition coefficient (Wildman–Crippen LogP) is 16.9. The van der Waals surface area contributed by atoms with Crippen molar-refractivity contribution in [2.75, 3.05) is 149 Å². The molecule has 30 nitrogen and oxygen atoms in total. The van der Waals surface area contributed by atoms with Crippen LogP contribution in [-0.4, -0.2) is 188 Å². The molecule has 5 aromatic carbocycles. The van der Waals surface area contributed by atoms with Gasteiger partial charge < -0.3 is 94.8 Å². The molecule has 0 bridgehead atoms. The van der Waals surface area contributed by atoms with E-state index in [2.05, 4.69) is 116 Å². The first-order valence-electron chi connectivity index (χ1n) is 48.7. The Bertz CT molecular complexity index is 8590. The molecular formula is C111H108F4N20O10. The lowest BCUT2D eigenvalue weighted by Crippen LogP contribution is -2.57. The van der Waals surface area contributed by atoms with Gasteiger partial charge in [0.2, 0.25) is 0 Å². The van der Waals surface area contributed by atoms with Gasteiger partial charge in [0.25, 0.3) is 0 Å². The lowest BCUT2D eigenvalue weighted by atomic mass is 10.0. The molecule has 20 aromatic rings. The fourth-order valence-corrected chi connectivity index (χ4v) is 19.8. The Morgan fingerprint density at radius 2 is 0.759 bits per heavy atom. The second-order valence-corrected chi connectivity index (χ2v) is 38.9. The number of imidazole rings is 5. The minimum absolute atomic E-state index is 0.0225. The van der Waals surface area contributed by atoms with Crippen LogP contribution in [0, 0.1) is 64.8 Å². The maximum Gasteiger partial charge on any atom is 0.345 e. The predicted molar refractivity (Wildman–Crippen MR) is 560 cm³/mol. The van der Waals surface area contributed by atoms with Crippen molar-refractivity contribution in [1.82, 2.24) is 73.1 Å². The van der Waals surface area contributed by atoms with Gasteiger partial charge in [0, 0.05) is 260 Å². The van der Waals surface area contributed by atoms with Gasteiger partial charge >= 0.3 is 28.1 Å². The number of nitrogens with one attached hydrogen (secondary N) is 4. The number of aryl methyl sites for hydroxylation is 6. The number of nitrogens with zero attached hydrogens (tertiary/aromatic N) is 16. The van der Waals surface area contributed by atoms with E-state index in [4.69, 9.17) is 22.1 Å². The van der Waals surface area contributed by atoms with Crippen LogP contribution in [0.25, 0.3) is 139 Å². The number of pyridine rings is 5. The zero-order valence-electron chi connectivity index (χ0n) is 82.0. The van der Waals surface area contributed by atoms with E-state index in [1.54, 1.807) is 76.3 Å². The zero-order chi connectivity index (χ0) is 100. The Morgan fingerprint density at radius 1 is 0.345 bits per heavy atom. The molecule has 0 saturated carbocycles. The molecule has 20 heterocycles. The van der Waals surface area contributed by atoms with Crippen LogP contribution in [0.2, 0.25) is 0 Å². The highest BCUT2D eigenvalue weighted by Gasteiger charge is 2.30. The Morgan fingerprint density at radius 3 is 1.27 bits per heavy atom. The molecule has 15 aromatic heterocycles. The van der Waals surface area contributed by atoms with Crippen molar-refractivity contribution in [3.8, 4) is 56.3 Å². The van der Waals surface area contributed by atoms with Crippen molar-refractivity contribution in [2.45, 2.75) is 80.3 Å². The molecule has 5 fully saturated rings. The van der Waals surface area contributed by atoms with Crippen molar-refractivity contribution >= 4 is 112 Å². The second-order valence-electron chi connectivity index (χ2n) is 38.9. The van der Waals surface area contributed by atoms with Gasteiger partial charge in [0.1, 0.15) is 56.5 Å². The van der Waals surface area contributed by atoms with Gasteiger partial charge in [-0.05, 0) is 225 Å². The highest BCUT2D eigenvalue weighted by atomic mass is 19.1. The maximum absolute atomic E-state index is 14.9. The number of fused-ring (bicyclic) bond motifs is 10. The standard InChI is InChI=1S/C23H23FN4O2.C23H24N4O2.2C22H21FN4O2.C21H19FN4O2/c1-14-8-18(24)21-26-19(12-28(21)11-14)17-9-15-4-5-16(10-20(15)30-22(17)29)27-7-6-25-23(2,3)13-27;1-14-8-15(2)22-25-20(13-27(22)11-14)19-9-17-4-5-18(10-21(17)29-23(19)28)26-7-6-24-16(3)12-26;1-14-4-3-5-27-13-19(24-21(14)27)17-12-16-18(23)10-15(11-20(16)29-22(17)28)26-8-6-25(2)7-9-26;1-14-9-18(23)21-25-19(13-27(21)12-14)17-10-15-3-4-16(11-20(15)29-22(17)28)26-7-2-5-24-6-8-26;1-13-2-5-26-12-18(24-20(26)8-13)16-11-15-17(22)9-14(10-19(15)28-21(16)27)25-6-3-23-4-7-25/h4-5,8-12,25H,6-7,13H2,1-3H3;4-5,8-11,13,16,24H,6-7,12H2,1-3H3;3-5,10-13H,6-9H2,1-2H3;3-4,9-13,24H,2,5-8H2,1H3;2,5,8-12,23H,3-4,6-7H2,1H3/t;16-;;;/m.0.../s1. The largest absolute Gasteiger partial charge is 0.422 e. The summed E-state index contributed by atoms with van der Waals surface area (Å²) in [5.41, 5.74) is 17.0. The molecule has 5 aliphatic rings. The Labute approximate surface area is 828 Å². The van der Waals surface area contributed by atoms with Crippen LogP contribution >= 0.6 is 0 Å². The molecule has 34 heteroatoms. The van der Waals surface area contributed by atoms with E-state index in [1.165, 1.54) is 30.3 Å². The normalized spacial score (nSPS) is 15.9. The smallest absolute Gasteiger partial charge is 0.345 e. The summed E-state index contributed by atoms with van der Waals surface area (Å²) in [5.74, 6) is -1.65. The molecule has 0 spiro atoms. The van der Waals surface area contributed by atoms with Gasteiger partial charge in [-0.15, -0.1) is 0 Å². The van der Waals surface area contributed by atoms with Gasteiger partial charge in [-0.3, -0.25) is 0 Å². The van der Waals surface area contributed by atoms with E-state index in [9.17, 15) is 41.5 Å². The van der Waals surface area contributed by atoms with Gasteiger partial charge in [0.05, 0.1) is 67.1 Å². The van der Waals surface area contributed by atoms with E-state index in [-0.39, 0.29) is 55.5 Å². The average Bonchev–Trinajstić information content (AvgIpc) is 1.69. The lowest BCUT2D eigenvalue weighted by molar-refractivity contribution is 0.313. The van der Waals surface area contributed by atoms with E-state index in [0.717, 1.165) is 219 Å². The number of hydrogen-bond acceptors (Lipinski definition) is 25. The monoisotopic (exact) mass is 1960 g/mol. The number of hydrogen-bond donors (Lipinski definition) is 4. The van der Waals surface area contributed by atoms with Crippen LogP contribution in [-0.2, 0) is 0 Å². The van der Waals surface area contributed by atoms with Crippen LogP contribution in [0.3, 0.4) is 0 Å². The fraction of sp³-hybridized carbons (Fsp3) is 0.279. The second kappa shape index (κ2) is 39.4. The van der Waals surface area contributed by atoms with Crippen molar-refractivity contribution < 1.29 is 39.6 Å². The number of aromatic nitrogens is 10. The molecule has 5 aliphatic heterocycles. The van der Waals surface area contributed by atoms with Crippen LogP contribution in [0.15, 0.2) is 260 Å². The number of anilines is 5. The lowest BCUT2D eigenvalue weighted by Gasteiger charge is -2.40. The molecule has 145 heavy (non-hydrogen) atoms. The van der Waals surface area contributed by atoms with Gasteiger partial charge in [-0.1, -0.05) is 12.1 Å². The molecule has 25 rings (SSSR count). The van der Waals surface area contributed by atoms with E-state index in [1.807, 2.05) is 158 Å². The van der Waals surface area contributed by atoms with Crippen molar-refractivity contribution in [3.05, 3.63) is 322 Å². The van der Waals surface area contributed by atoms with Gasteiger partial charge in [-0.25, -0.2) is 66.5 Å². The number of benzene rings is 5. The fourth-order valence-electron chi connectivity index (χ4n) is 19.8. The summed E-state index contributed by atoms with van der Waals surface area (Å²) in [6.07, 6.45) is 19.1. The van der Waals surface area contributed by atoms with E-state index in [0.29, 0.717) is 68.0 Å². The van der Waals surface area contributed by atoms with E-state index < -0.39 is 45.8 Å². The third-order valence-electron chi connectivity index (χ3n) is 27.3. The Hall–Kier alpha value is -15.9. The molecule has 5 saturated heterocycles. The molecule has 0 radical (unpaired) electrons. The van der Waals surface area contributed by atoms with Gasteiger partial charge in [-0.2, -0.15) is 0 Å². The number of likely N-dealkylation sites (N-methyl/N-ethyl adjacent to an activating group) is 1. The minimum Gasteiger partial charge on any atom is -0.422 e. The molecular weight excluding hydrogens is 1850 g/mol. The third-order valence-corrected chi connectivity index (χ3v) is 27.3. The van der Waals surface area contributed by atoms with Crippen molar-refractivity contribution in [2.24, 2.45) is 0 Å². The number of piperazine rings is 4. The van der Waals surface area contributed by atoms with Crippen LogP contribution in [0.5, 0.6) is 0 Å². The third kappa shape index (κ3) is 20.0. The SMILES string of the molecule is Cc1cc(C)c2nc(-c3cc4ccc(N5CCN[C@@H](C)C5)cc4oc3=O)cn2c1.Cc1cc(F)c2nc(-c3cc4ccc(N5CCCNCC5)cc4oc3=O)cn2c1.Cc1cc(F)c2nc(-c3cc4ccc(N5CCNC(C)(C)C5)cc4oc3=O)cn2c1.Cc1cccn2cc(-c3cc4c(F)cc(N5CCN(C)CC5)cc4oc3=O)nc12.Cc1ccn2cc(-c3cc4c(F)cc(N5CCNCC5)cc4oc3=O)nc2c1. The first kappa shape index (κ1) is 95.3. The average molecular weight is 1960 g/mol. The molecule has 0 aliphatic carbocycles. The quantitative estimate of drug-likeness (QED) is 0.0730. The van der Waals surface area contributed by atoms with Gasteiger partial charge in [0.15, 0.2) is 22.9 Å². The number of rotatable bonds is 10. The van der Waals surface area contributed by atoms with E-state index >= 15 is 0 Å². The van der Waals surface area contributed by atoms with Crippen LogP contribution in [0.1, 0.15) is 60.6 Å². The number of halogens is 4. The highest BCUT2D eigenvalue weighted by Crippen LogP contribution is 2.36. The molecule has 0 amide bonds. The summed E-state index contributed by atoms with van der Waals surface area (Å²) in [7, 11) is 2.07. The minimum atomic E-state index is -0.524. The maximum atomic E-state index is 14.9. The van der Waals surface area contributed by atoms with Crippen molar-refractivity contribution in [3.63, 3.8) is 0 Å². The molecule has 740 valence electrons. The van der Waals surface area contributed by atoms with Crippen molar-refractivity contribution in [1.29, 1.82) is 0 Å². The molecule has 4 N–H and O–H groups in total. The Balaban J connectivity index is 0.000000107. The van der Waals surface area contributed by atoms with Crippen LogP contribution in [0.4, 0.5) is 46.0 Å². The first-order chi connectivity index (χ1) is 69.9. The Kier molecular flexibility index (Phi) is 25.9. The summed E-state index contributed by atoms with van der Waals surface area (Å²) in [6.45, 7) is 34.2.